The molecule has 0 amide bonds. The smallest absolute Gasteiger partial charge is 0.0720 e. The number of hydrogen-bond donors (Lipinski definition) is 2. The number of hydrogen-bond acceptors (Lipinski definition) is 4. The maximum atomic E-state index is 7.45. The van der Waals surface area contributed by atoms with Crippen molar-refractivity contribution < 1.29 is 4.74 Å². The van der Waals surface area contributed by atoms with Gasteiger partial charge in [0.15, 0.2) is 0 Å². The van der Waals surface area contributed by atoms with Crippen molar-refractivity contribution in [2.45, 2.75) is 86.2 Å². The van der Waals surface area contributed by atoms with Crippen LogP contribution in [0.3, 0.4) is 0 Å². The highest BCUT2D eigenvalue weighted by molar-refractivity contribution is 5.87. The minimum absolute atomic E-state index is 0.189. The van der Waals surface area contributed by atoms with Crippen LogP contribution < -0.4 is 5.32 Å². The van der Waals surface area contributed by atoms with Gasteiger partial charge in [-0.1, -0.05) is 104 Å². The SMILES string of the molecule is CC(C)C1(C)COCc2ccccc21.CCC(C)c1ccc2ncccc2c1.CCc1cccc(NCC(C)C)c1C=N. The van der Waals surface area contributed by atoms with Gasteiger partial charge in [-0.15, -0.1) is 0 Å². The van der Waals surface area contributed by atoms with E-state index in [0.717, 1.165) is 42.9 Å². The number of aromatic nitrogens is 1. The molecule has 1 aliphatic rings. The van der Waals surface area contributed by atoms with E-state index in [4.69, 9.17) is 10.1 Å². The summed E-state index contributed by atoms with van der Waals surface area (Å²) in [6, 6.07) is 25.5. The van der Waals surface area contributed by atoms with Crippen LogP contribution in [0.25, 0.3) is 10.9 Å². The molecule has 4 nitrogen and oxygen atoms in total. The normalized spacial score (nSPS) is 16.4. The van der Waals surface area contributed by atoms with Crippen molar-refractivity contribution in [3.05, 3.63) is 107 Å². The Kier molecular flexibility index (Phi) is 12.9. The summed E-state index contributed by atoms with van der Waals surface area (Å²) >= 11 is 0. The number of nitrogens with zero attached hydrogens (tertiary/aromatic N) is 1. The quantitative estimate of drug-likeness (QED) is 0.204. The Morgan fingerprint density at radius 1 is 0.953 bits per heavy atom. The Bertz CT molecular complexity index is 1440. The molecule has 0 bridgehead atoms. The molecule has 0 aliphatic carbocycles. The lowest BCUT2D eigenvalue weighted by Crippen LogP contribution is -2.38. The van der Waals surface area contributed by atoms with Crippen molar-refractivity contribution in [3.8, 4) is 0 Å². The van der Waals surface area contributed by atoms with E-state index < -0.39 is 0 Å². The fourth-order valence-electron chi connectivity index (χ4n) is 5.33. The van der Waals surface area contributed by atoms with Gasteiger partial charge in [0.25, 0.3) is 0 Å². The number of anilines is 1. The fourth-order valence-corrected chi connectivity index (χ4v) is 5.33. The summed E-state index contributed by atoms with van der Waals surface area (Å²) in [5, 5.41) is 12.1. The van der Waals surface area contributed by atoms with Crippen molar-refractivity contribution >= 4 is 22.8 Å². The molecule has 43 heavy (non-hydrogen) atoms. The Hall–Kier alpha value is -3.50. The third kappa shape index (κ3) is 9.00. The first-order valence-electron chi connectivity index (χ1n) is 16.0. The summed E-state index contributed by atoms with van der Waals surface area (Å²) in [4.78, 5) is 4.31. The second-order valence-electron chi connectivity index (χ2n) is 12.6. The molecule has 230 valence electrons. The van der Waals surface area contributed by atoms with Crippen LogP contribution in [0.1, 0.15) is 95.5 Å². The summed E-state index contributed by atoms with van der Waals surface area (Å²) in [7, 11) is 0. The van der Waals surface area contributed by atoms with Gasteiger partial charge in [0.2, 0.25) is 0 Å². The van der Waals surface area contributed by atoms with Gasteiger partial charge < -0.3 is 15.5 Å². The number of ether oxygens (including phenoxy) is 1. The second kappa shape index (κ2) is 16.4. The van der Waals surface area contributed by atoms with Gasteiger partial charge in [0, 0.05) is 41.0 Å². The summed E-state index contributed by atoms with van der Waals surface area (Å²) in [5.41, 5.74) is 8.86. The van der Waals surface area contributed by atoms with Crippen LogP contribution in [0.4, 0.5) is 5.69 Å². The van der Waals surface area contributed by atoms with Gasteiger partial charge in [-0.05, 0) is 77.1 Å². The van der Waals surface area contributed by atoms with Crippen LogP contribution in [0.15, 0.2) is 79.0 Å². The molecule has 0 spiro atoms. The van der Waals surface area contributed by atoms with Crippen LogP contribution in [-0.2, 0) is 23.2 Å². The Morgan fingerprint density at radius 2 is 1.72 bits per heavy atom. The molecule has 2 heterocycles. The first kappa shape index (κ1) is 34.0. The van der Waals surface area contributed by atoms with Crippen LogP contribution in [0.2, 0.25) is 0 Å². The maximum absolute atomic E-state index is 7.45. The van der Waals surface area contributed by atoms with E-state index in [1.54, 1.807) is 0 Å². The molecule has 2 atom stereocenters. The van der Waals surface area contributed by atoms with Crippen LogP contribution in [0.5, 0.6) is 0 Å². The van der Waals surface area contributed by atoms with E-state index >= 15 is 0 Å². The molecule has 1 aromatic heterocycles. The van der Waals surface area contributed by atoms with E-state index in [0.29, 0.717) is 17.8 Å². The highest BCUT2D eigenvalue weighted by Gasteiger charge is 2.35. The average Bonchev–Trinajstić information content (AvgIpc) is 3.03. The summed E-state index contributed by atoms with van der Waals surface area (Å²) in [5.74, 6) is 1.87. The van der Waals surface area contributed by atoms with Gasteiger partial charge in [0.05, 0.1) is 18.7 Å². The molecule has 2 unspecified atom stereocenters. The topological polar surface area (TPSA) is 58.0 Å². The first-order chi connectivity index (χ1) is 20.6. The van der Waals surface area contributed by atoms with E-state index in [2.05, 4.69) is 126 Å². The molecule has 0 saturated carbocycles. The fraction of sp³-hybridized carbons (Fsp3) is 0.436. The third-order valence-corrected chi connectivity index (χ3v) is 8.80. The predicted octanol–water partition coefficient (Wildman–Crippen LogP) is 10.2. The molecule has 4 aromatic rings. The molecular formula is C39H53N3O. The molecule has 5 rings (SSSR count). The van der Waals surface area contributed by atoms with Crippen LogP contribution in [0, 0.1) is 17.2 Å². The number of pyridine rings is 1. The van der Waals surface area contributed by atoms with Gasteiger partial charge >= 0.3 is 0 Å². The van der Waals surface area contributed by atoms with Crippen molar-refractivity contribution in [1.29, 1.82) is 5.41 Å². The van der Waals surface area contributed by atoms with Crippen LogP contribution in [-0.4, -0.2) is 24.4 Å². The Balaban J connectivity index is 0.000000177. The van der Waals surface area contributed by atoms with E-state index in [1.165, 1.54) is 40.3 Å². The lowest BCUT2D eigenvalue weighted by molar-refractivity contribution is 0.0391. The molecule has 0 fully saturated rings. The van der Waals surface area contributed by atoms with E-state index in [1.807, 2.05) is 18.3 Å². The standard InChI is InChI=1S/C13H20N2.C13H15N.C13H18O/c1-4-11-6-5-7-13(12(11)8-14)15-9-10(2)3;1-3-10(2)11-6-7-13-12(9-11)5-4-8-14-13;1-10(2)13(3)9-14-8-11-6-4-5-7-12(11)13/h5-8,10,14-15H,4,9H2,1-3H3;4-10H,3H2,1-2H3;4-7,10H,8-9H2,1-3H3. The lowest BCUT2D eigenvalue weighted by atomic mass is 9.71. The van der Waals surface area contributed by atoms with Crippen LogP contribution >= 0.6 is 0 Å². The predicted molar refractivity (Wildman–Crippen MR) is 186 cm³/mol. The zero-order valence-corrected chi connectivity index (χ0v) is 27.7. The molecule has 4 heteroatoms. The Morgan fingerprint density at radius 3 is 2.40 bits per heavy atom. The molecular weight excluding hydrogens is 526 g/mol. The van der Waals surface area contributed by atoms with Crippen molar-refractivity contribution in [2.24, 2.45) is 11.8 Å². The molecule has 0 saturated heterocycles. The molecule has 3 aromatic carbocycles. The van der Waals surface area contributed by atoms with Gasteiger partial charge in [-0.25, -0.2) is 0 Å². The highest BCUT2D eigenvalue weighted by atomic mass is 16.5. The molecule has 2 N–H and O–H groups in total. The van der Waals surface area contributed by atoms with E-state index in [-0.39, 0.29) is 5.41 Å². The number of nitrogens with one attached hydrogen (secondary N) is 2. The summed E-state index contributed by atoms with van der Waals surface area (Å²) in [6.45, 7) is 20.4. The summed E-state index contributed by atoms with van der Waals surface area (Å²) < 4.78 is 5.67. The number of rotatable bonds is 8. The molecule has 0 radical (unpaired) electrons. The van der Waals surface area contributed by atoms with Crippen molar-refractivity contribution in [2.75, 3.05) is 18.5 Å². The number of fused-ring (bicyclic) bond motifs is 2. The van der Waals surface area contributed by atoms with Crippen molar-refractivity contribution in [1.82, 2.24) is 4.98 Å². The third-order valence-electron chi connectivity index (χ3n) is 8.80. The monoisotopic (exact) mass is 579 g/mol. The average molecular weight is 580 g/mol. The van der Waals surface area contributed by atoms with Crippen molar-refractivity contribution in [3.63, 3.8) is 0 Å². The Labute approximate surface area is 260 Å². The minimum Gasteiger partial charge on any atom is -0.384 e. The van der Waals surface area contributed by atoms with E-state index in [9.17, 15) is 0 Å². The number of aryl methyl sites for hydroxylation is 1. The first-order valence-corrected chi connectivity index (χ1v) is 16.0. The van der Waals surface area contributed by atoms with Gasteiger partial charge in [-0.2, -0.15) is 0 Å². The number of benzene rings is 3. The zero-order valence-electron chi connectivity index (χ0n) is 27.7. The van der Waals surface area contributed by atoms with Gasteiger partial charge in [0.1, 0.15) is 0 Å². The molecule has 1 aliphatic heterocycles. The largest absolute Gasteiger partial charge is 0.384 e. The highest BCUT2D eigenvalue weighted by Crippen LogP contribution is 2.37. The lowest BCUT2D eigenvalue weighted by Gasteiger charge is -2.39. The zero-order chi connectivity index (χ0) is 31.4. The minimum atomic E-state index is 0.189. The summed E-state index contributed by atoms with van der Waals surface area (Å²) in [6.07, 6.45) is 5.44. The second-order valence-corrected chi connectivity index (χ2v) is 12.6. The maximum Gasteiger partial charge on any atom is 0.0720 e. The van der Waals surface area contributed by atoms with Gasteiger partial charge in [-0.3, -0.25) is 4.98 Å².